The molecule has 0 fully saturated rings. The van der Waals surface area contributed by atoms with Crippen LogP contribution in [0, 0.1) is 0 Å². The number of methoxy groups -OCH3 is 2. The standard InChI is InChI=1S/C8H14O3/c1-10-7-5-3-4-6-8(9)11-2/h4,6H,3,5,7H2,1-2H3/b6-4-. The molecule has 0 rings (SSSR count). The number of allylic oxidation sites excluding steroid dienone is 1. The van der Waals surface area contributed by atoms with Crippen molar-refractivity contribution in [1.82, 2.24) is 0 Å². The summed E-state index contributed by atoms with van der Waals surface area (Å²) >= 11 is 0. The Bertz CT molecular complexity index is 129. The second-order valence-electron chi connectivity index (χ2n) is 2.06. The molecular formula is C8H14O3. The molecular weight excluding hydrogens is 144 g/mol. The van der Waals surface area contributed by atoms with Gasteiger partial charge in [0.2, 0.25) is 0 Å². The van der Waals surface area contributed by atoms with E-state index < -0.39 is 0 Å². The highest BCUT2D eigenvalue weighted by Crippen LogP contribution is 1.91. The van der Waals surface area contributed by atoms with Crippen LogP contribution in [-0.2, 0) is 14.3 Å². The molecule has 0 heterocycles. The Balaban J connectivity index is 3.22. The van der Waals surface area contributed by atoms with Gasteiger partial charge in [0.1, 0.15) is 0 Å². The molecule has 0 amide bonds. The fourth-order valence-corrected chi connectivity index (χ4v) is 0.593. The Morgan fingerprint density at radius 1 is 1.45 bits per heavy atom. The first-order valence-electron chi connectivity index (χ1n) is 3.54. The smallest absolute Gasteiger partial charge is 0.330 e. The van der Waals surface area contributed by atoms with E-state index in [1.165, 1.54) is 13.2 Å². The average molecular weight is 158 g/mol. The molecule has 0 saturated heterocycles. The lowest BCUT2D eigenvalue weighted by Gasteiger charge is -1.93. The van der Waals surface area contributed by atoms with Gasteiger partial charge in [-0.15, -0.1) is 0 Å². The third kappa shape index (κ3) is 7.06. The molecule has 0 radical (unpaired) electrons. The molecule has 0 bridgehead atoms. The van der Waals surface area contributed by atoms with Crippen LogP contribution in [0.4, 0.5) is 0 Å². The van der Waals surface area contributed by atoms with Crippen LogP contribution in [0.1, 0.15) is 12.8 Å². The predicted molar refractivity (Wildman–Crippen MR) is 42.3 cm³/mol. The zero-order valence-corrected chi connectivity index (χ0v) is 7.00. The monoisotopic (exact) mass is 158 g/mol. The average Bonchev–Trinajstić information content (AvgIpc) is 2.04. The van der Waals surface area contributed by atoms with E-state index >= 15 is 0 Å². The number of unbranched alkanes of at least 4 members (excludes halogenated alkanes) is 1. The zero-order valence-electron chi connectivity index (χ0n) is 7.00. The van der Waals surface area contributed by atoms with Crippen LogP contribution in [0.5, 0.6) is 0 Å². The van der Waals surface area contributed by atoms with E-state index in [0.717, 1.165) is 19.4 Å². The molecule has 0 aliphatic carbocycles. The molecule has 3 nitrogen and oxygen atoms in total. The zero-order chi connectivity index (χ0) is 8.53. The topological polar surface area (TPSA) is 35.5 Å². The van der Waals surface area contributed by atoms with Gasteiger partial charge in [-0.3, -0.25) is 0 Å². The van der Waals surface area contributed by atoms with Gasteiger partial charge in [0.15, 0.2) is 0 Å². The van der Waals surface area contributed by atoms with Gasteiger partial charge in [-0.2, -0.15) is 0 Å². The van der Waals surface area contributed by atoms with Crippen molar-refractivity contribution in [2.45, 2.75) is 12.8 Å². The highest BCUT2D eigenvalue weighted by atomic mass is 16.5. The minimum absolute atomic E-state index is 0.303. The first-order valence-corrected chi connectivity index (χ1v) is 3.54. The van der Waals surface area contributed by atoms with Crippen LogP contribution in [0.3, 0.4) is 0 Å². The largest absolute Gasteiger partial charge is 0.466 e. The molecule has 0 unspecified atom stereocenters. The number of carbonyl (C=O) groups excluding carboxylic acids is 1. The molecule has 0 spiro atoms. The van der Waals surface area contributed by atoms with Crippen molar-refractivity contribution in [1.29, 1.82) is 0 Å². The number of hydrogen-bond donors (Lipinski definition) is 0. The van der Waals surface area contributed by atoms with Gasteiger partial charge >= 0.3 is 5.97 Å². The maximum Gasteiger partial charge on any atom is 0.330 e. The Kier molecular flexibility index (Phi) is 6.73. The number of hydrogen-bond acceptors (Lipinski definition) is 3. The van der Waals surface area contributed by atoms with Crippen LogP contribution < -0.4 is 0 Å². The van der Waals surface area contributed by atoms with Gasteiger partial charge in [-0.25, -0.2) is 4.79 Å². The molecule has 0 atom stereocenters. The number of ether oxygens (including phenoxy) is 2. The van der Waals surface area contributed by atoms with Crippen LogP contribution >= 0.6 is 0 Å². The van der Waals surface area contributed by atoms with E-state index in [9.17, 15) is 4.79 Å². The molecule has 0 aromatic heterocycles. The first kappa shape index (κ1) is 10.2. The van der Waals surface area contributed by atoms with Crippen molar-refractivity contribution < 1.29 is 14.3 Å². The second kappa shape index (κ2) is 7.28. The predicted octanol–water partition coefficient (Wildman–Crippen LogP) is 1.14. The summed E-state index contributed by atoms with van der Waals surface area (Å²) in [5, 5.41) is 0. The minimum atomic E-state index is -0.303. The van der Waals surface area contributed by atoms with E-state index in [1.807, 2.05) is 0 Å². The van der Waals surface area contributed by atoms with Crippen molar-refractivity contribution in [3.8, 4) is 0 Å². The molecule has 0 aromatic rings. The van der Waals surface area contributed by atoms with Crippen LogP contribution in [0.25, 0.3) is 0 Å². The Morgan fingerprint density at radius 2 is 2.18 bits per heavy atom. The van der Waals surface area contributed by atoms with Gasteiger partial charge in [0.05, 0.1) is 7.11 Å². The third-order valence-corrected chi connectivity index (χ3v) is 1.17. The molecule has 3 heteroatoms. The van der Waals surface area contributed by atoms with Crippen molar-refractivity contribution in [3.05, 3.63) is 12.2 Å². The van der Waals surface area contributed by atoms with Gasteiger partial charge < -0.3 is 9.47 Å². The number of esters is 1. The highest BCUT2D eigenvalue weighted by Gasteiger charge is 1.88. The van der Waals surface area contributed by atoms with Crippen LogP contribution in [0.15, 0.2) is 12.2 Å². The van der Waals surface area contributed by atoms with E-state index in [-0.39, 0.29) is 5.97 Å². The summed E-state index contributed by atoms with van der Waals surface area (Å²) in [7, 11) is 3.02. The van der Waals surface area contributed by atoms with Crippen LogP contribution in [0.2, 0.25) is 0 Å². The lowest BCUT2D eigenvalue weighted by Crippen LogP contribution is -1.93. The molecule has 0 aromatic carbocycles. The quantitative estimate of drug-likeness (QED) is 0.342. The first-order chi connectivity index (χ1) is 5.31. The fourth-order valence-electron chi connectivity index (χ4n) is 0.593. The maximum atomic E-state index is 10.5. The second-order valence-corrected chi connectivity index (χ2v) is 2.06. The lowest BCUT2D eigenvalue weighted by molar-refractivity contribution is -0.134. The van der Waals surface area contributed by atoms with Crippen molar-refractivity contribution in [2.75, 3.05) is 20.8 Å². The van der Waals surface area contributed by atoms with E-state index in [0.29, 0.717) is 0 Å². The Morgan fingerprint density at radius 3 is 2.73 bits per heavy atom. The van der Waals surface area contributed by atoms with Gasteiger partial charge in [0, 0.05) is 19.8 Å². The summed E-state index contributed by atoms with van der Waals surface area (Å²) in [6.07, 6.45) is 4.99. The van der Waals surface area contributed by atoms with E-state index in [1.54, 1.807) is 13.2 Å². The third-order valence-electron chi connectivity index (χ3n) is 1.17. The summed E-state index contributed by atoms with van der Waals surface area (Å²) < 4.78 is 9.22. The summed E-state index contributed by atoms with van der Waals surface area (Å²) in [6, 6.07) is 0. The summed E-state index contributed by atoms with van der Waals surface area (Å²) in [5.41, 5.74) is 0. The van der Waals surface area contributed by atoms with Crippen molar-refractivity contribution in [2.24, 2.45) is 0 Å². The normalized spacial score (nSPS) is 10.4. The molecule has 64 valence electrons. The maximum absolute atomic E-state index is 10.5. The highest BCUT2D eigenvalue weighted by molar-refractivity contribution is 5.81. The van der Waals surface area contributed by atoms with Gasteiger partial charge in [-0.05, 0) is 12.8 Å². The number of rotatable bonds is 5. The summed E-state index contributed by atoms with van der Waals surface area (Å²) in [4.78, 5) is 10.5. The fraction of sp³-hybridized carbons (Fsp3) is 0.625. The Hall–Kier alpha value is -0.830. The molecule has 0 aliphatic rings. The van der Waals surface area contributed by atoms with E-state index in [2.05, 4.69) is 4.74 Å². The molecule has 0 saturated carbocycles. The minimum Gasteiger partial charge on any atom is -0.466 e. The van der Waals surface area contributed by atoms with Gasteiger partial charge in [0.25, 0.3) is 0 Å². The van der Waals surface area contributed by atoms with Crippen molar-refractivity contribution in [3.63, 3.8) is 0 Å². The number of carbonyl (C=O) groups is 1. The molecule has 11 heavy (non-hydrogen) atoms. The summed E-state index contributed by atoms with van der Waals surface area (Å²) in [6.45, 7) is 0.728. The SMILES string of the molecule is COCCC/C=C\C(=O)OC. The Labute approximate surface area is 67.0 Å². The van der Waals surface area contributed by atoms with Gasteiger partial charge in [-0.1, -0.05) is 6.08 Å². The van der Waals surface area contributed by atoms with Crippen molar-refractivity contribution >= 4 is 5.97 Å². The lowest BCUT2D eigenvalue weighted by atomic mass is 10.3. The van der Waals surface area contributed by atoms with Crippen LogP contribution in [-0.4, -0.2) is 26.8 Å². The molecule has 0 aliphatic heterocycles. The van der Waals surface area contributed by atoms with E-state index in [4.69, 9.17) is 4.74 Å². The summed E-state index contributed by atoms with van der Waals surface area (Å²) in [5.74, 6) is -0.303. The molecule has 0 N–H and O–H groups in total.